The van der Waals surface area contributed by atoms with E-state index in [0.717, 1.165) is 24.0 Å². The summed E-state index contributed by atoms with van der Waals surface area (Å²) in [5.74, 6) is -0.0274. The van der Waals surface area contributed by atoms with Crippen LogP contribution < -0.4 is 4.18 Å². The first-order valence-electron chi connectivity index (χ1n) is 10.6. The monoisotopic (exact) mass is 548 g/mol. The molecule has 2 saturated carbocycles. The Hall–Kier alpha value is -0.630. The van der Waals surface area contributed by atoms with Crippen LogP contribution in [0.25, 0.3) is 0 Å². The van der Waals surface area contributed by atoms with Crippen molar-refractivity contribution in [2.75, 3.05) is 0 Å². The Morgan fingerprint density at radius 3 is 2.00 bits per heavy atom. The molecule has 0 aromatic heterocycles. The van der Waals surface area contributed by atoms with Crippen molar-refractivity contribution < 1.29 is 17.4 Å². The van der Waals surface area contributed by atoms with Crippen molar-refractivity contribution in [3.05, 3.63) is 29.3 Å². The lowest BCUT2D eigenvalue weighted by Crippen LogP contribution is -2.41. The summed E-state index contributed by atoms with van der Waals surface area (Å²) in [6.07, 6.45) is 1.50. The summed E-state index contributed by atoms with van der Waals surface area (Å²) in [5.41, 5.74) is 0.535. The molecule has 2 fully saturated rings. The predicted molar refractivity (Wildman–Crippen MR) is 132 cm³/mol. The number of ketones is 1. The van der Waals surface area contributed by atoms with Gasteiger partial charge in [-0.2, -0.15) is 8.42 Å². The fourth-order valence-corrected chi connectivity index (χ4v) is 7.41. The molecule has 170 valence electrons. The van der Waals surface area contributed by atoms with Crippen LogP contribution in [0.3, 0.4) is 0 Å². The Morgan fingerprint density at radius 1 is 1.00 bits per heavy atom. The van der Waals surface area contributed by atoms with Gasteiger partial charge in [0.1, 0.15) is 5.75 Å². The van der Waals surface area contributed by atoms with Gasteiger partial charge in [-0.1, -0.05) is 74.4 Å². The minimum absolute atomic E-state index is 0. The molecule has 0 heterocycles. The maximum Gasteiger partial charge on any atom is 0.319 e. The van der Waals surface area contributed by atoms with Gasteiger partial charge in [0.15, 0.2) is 11.0 Å². The minimum atomic E-state index is -4.10. The minimum Gasteiger partial charge on any atom is -0.382 e. The van der Waals surface area contributed by atoms with Gasteiger partial charge in [0.05, 0.1) is 0 Å². The number of benzene rings is 1. The molecule has 6 heteroatoms. The smallest absolute Gasteiger partial charge is 0.319 e. The second-order valence-electron chi connectivity index (χ2n) is 11.7. The fraction of sp³-hybridized carbons (Fsp3) is 0.708. The third-order valence-corrected chi connectivity index (χ3v) is 9.15. The molecule has 2 aliphatic rings. The zero-order valence-electron chi connectivity index (χ0n) is 19.8. The molecular formula is C24H37IO4S. The lowest BCUT2D eigenvalue weighted by Gasteiger charge is -2.32. The molecule has 0 saturated heterocycles. The Balaban J connectivity index is 0.00000320. The van der Waals surface area contributed by atoms with Gasteiger partial charge in [0, 0.05) is 11.0 Å². The van der Waals surface area contributed by atoms with Crippen LogP contribution in [0.4, 0.5) is 0 Å². The van der Waals surface area contributed by atoms with Gasteiger partial charge in [-0.25, -0.2) is 0 Å². The number of hydrogen-bond donors (Lipinski definition) is 0. The van der Waals surface area contributed by atoms with Gasteiger partial charge >= 0.3 is 10.1 Å². The molecule has 0 aliphatic heterocycles. The average molecular weight is 549 g/mol. The lowest BCUT2D eigenvalue weighted by molar-refractivity contribution is -0.128. The second-order valence-corrected chi connectivity index (χ2v) is 13.4. The summed E-state index contributed by atoms with van der Waals surface area (Å²) in [6, 6.07) is 5.60. The van der Waals surface area contributed by atoms with E-state index in [-0.39, 0.29) is 51.9 Å². The van der Waals surface area contributed by atoms with Crippen molar-refractivity contribution in [3.8, 4) is 5.75 Å². The van der Waals surface area contributed by atoms with E-state index in [1.165, 1.54) is 0 Å². The van der Waals surface area contributed by atoms with Crippen LogP contribution in [-0.2, 0) is 25.7 Å². The zero-order valence-corrected chi connectivity index (χ0v) is 22.9. The van der Waals surface area contributed by atoms with E-state index in [0.29, 0.717) is 5.75 Å². The Kier molecular flexibility index (Phi) is 6.37. The van der Waals surface area contributed by atoms with Crippen LogP contribution in [0, 0.1) is 16.7 Å². The van der Waals surface area contributed by atoms with Gasteiger partial charge in [0.2, 0.25) is 0 Å². The maximum atomic E-state index is 13.4. The van der Waals surface area contributed by atoms with Crippen molar-refractivity contribution >= 4 is 39.9 Å². The summed E-state index contributed by atoms with van der Waals surface area (Å²) in [7, 11) is -4.10. The molecule has 30 heavy (non-hydrogen) atoms. The van der Waals surface area contributed by atoms with Crippen LogP contribution in [0.15, 0.2) is 18.2 Å². The molecule has 0 N–H and O–H groups in total. The van der Waals surface area contributed by atoms with Gasteiger partial charge < -0.3 is 4.18 Å². The number of halogens is 1. The Morgan fingerprint density at radius 2 is 1.57 bits per heavy atom. The van der Waals surface area contributed by atoms with Crippen molar-refractivity contribution in [1.29, 1.82) is 0 Å². The highest BCUT2D eigenvalue weighted by atomic mass is 127. The third-order valence-electron chi connectivity index (χ3n) is 7.57. The fourth-order valence-electron chi connectivity index (χ4n) is 5.51. The number of fused-ring (bicyclic) bond motifs is 2. The number of Topliss-reactive ketones (excluding diaryl/α,β-unsaturated/α-hetero) is 1. The lowest BCUT2D eigenvalue weighted by atomic mass is 9.70. The second kappa shape index (κ2) is 7.46. The summed E-state index contributed by atoms with van der Waals surface area (Å²) in [6.45, 7) is 18.5. The van der Waals surface area contributed by atoms with E-state index >= 15 is 0 Å². The number of hydrogen-bond acceptors (Lipinski definition) is 4. The molecule has 0 spiro atoms. The Bertz CT molecular complexity index is 950. The van der Waals surface area contributed by atoms with Crippen molar-refractivity contribution in [2.24, 2.45) is 16.7 Å². The maximum absolute atomic E-state index is 13.4. The normalized spacial score (nSPS) is 28.4. The molecule has 2 aliphatic carbocycles. The number of carbonyl (C=O) groups is 1. The zero-order chi connectivity index (χ0) is 22.2. The molecular weight excluding hydrogens is 511 g/mol. The van der Waals surface area contributed by atoms with Crippen molar-refractivity contribution in [3.63, 3.8) is 0 Å². The molecule has 1 aromatic rings. The molecule has 0 radical (unpaired) electrons. The highest BCUT2D eigenvalue weighted by Gasteiger charge is 2.70. The van der Waals surface area contributed by atoms with Crippen LogP contribution in [-0.4, -0.2) is 19.5 Å². The standard InChI is InChI=1S/C24H36O4S.HI/c1-21(2,3)15-11-10-12-17(18(15)22(4,5)6)28-29(26,27)19-16-13-14-24(9,20(19)25)23(16,7)8;/h10-12,16,19H,13-14H2,1-9H3;1H. The summed E-state index contributed by atoms with van der Waals surface area (Å²) >= 11 is 0. The molecule has 2 bridgehead atoms. The predicted octanol–water partition coefficient (Wildman–Crippen LogP) is 6.00. The van der Waals surface area contributed by atoms with E-state index in [4.69, 9.17) is 4.18 Å². The number of rotatable bonds is 3. The van der Waals surface area contributed by atoms with Crippen LogP contribution in [0.5, 0.6) is 5.75 Å². The third kappa shape index (κ3) is 3.74. The molecule has 0 amide bonds. The van der Waals surface area contributed by atoms with E-state index in [1.807, 2.05) is 32.9 Å². The van der Waals surface area contributed by atoms with Gasteiger partial charge in [-0.15, -0.1) is 24.0 Å². The van der Waals surface area contributed by atoms with Gasteiger partial charge in [-0.3, -0.25) is 4.79 Å². The Labute approximate surface area is 199 Å². The first-order valence-corrected chi connectivity index (χ1v) is 12.0. The molecule has 3 atom stereocenters. The van der Waals surface area contributed by atoms with Crippen LogP contribution in [0.2, 0.25) is 0 Å². The molecule has 3 unspecified atom stereocenters. The molecule has 1 aromatic carbocycles. The van der Waals surface area contributed by atoms with Gasteiger partial charge in [-0.05, 0) is 46.6 Å². The highest BCUT2D eigenvalue weighted by Crippen LogP contribution is 2.65. The summed E-state index contributed by atoms with van der Waals surface area (Å²) in [5, 5.41) is -1.08. The van der Waals surface area contributed by atoms with Crippen LogP contribution >= 0.6 is 24.0 Å². The molecule has 4 nitrogen and oxygen atoms in total. The van der Waals surface area contributed by atoms with E-state index < -0.39 is 20.8 Å². The quantitative estimate of drug-likeness (QED) is 0.343. The van der Waals surface area contributed by atoms with Gasteiger partial charge in [0.25, 0.3) is 0 Å². The number of carbonyl (C=O) groups excluding carboxylic acids is 1. The molecule has 3 rings (SSSR count). The van der Waals surface area contributed by atoms with Crippen molar-refractivity contribution in [1.82, 2.24) is 0 Å². The first-order chi connectivity index (χ1) is 12.9. The topological polar surface area (TPSA) is 60.4 Å². The summed E-state index contributed by atoms with van der Waals surface area (Å²) in [4.78, 5) is 13.2. The highest BCUT2D eigenvalue weighted by molar-refractivity contribution is 14.0. The SMILES string of the molecule is CC(C)(C)c1cccc(OS(=O)(=O)C2C(=O)C3(C)CCC2C3(C)C)c1C(C)(C)C.I. The summed E-state index contributed by atoms with van der Waals surface area (Å²) < 4.78 is 32.7. The van der Waals surface area contributed by atoms with Crippen LogP contribution in [0.1, 0.15) is 86.3 Å². The largest absolute Gasteiger partial charge is 0.382 e. The first kappa shape index (κ1) is 25.6. The van der Waals surface area contributed by atoms with Crippen molar-refractivity contribution in [2.45, 2.75) is 91.2 Å². The van der Waals surface area contributed by atoms with E-state index in [9.17, 15) is 13.2 Å². The van der Waals surface area contributed by atoms with E-state index in [2.05, 4.69) is 41.5 Å². The van der Waals surface area contributed by atoms with E-state index in [1.54, 1.807) is 6.07 Å². The average Bonchev–Trinajstić information content (AvgIpc) is 2.84.